The van der Waals surface area contributed by atoms with Gasteiger partial charge < -0.3 is 5.32 Å². The van der Waals surface area contributed by atoms with Crippen LogP contribution in [0.4, 0.5) is 4.39 Å². The van der Waals surface area contributed by atoms with Gasteiger partial charge in [0.05, 0.1) is 0 Å². The lowest BCUT2D eigenvalue weighted by atomic mass is 10.0. The summed E-state index contributed by atoms with van der Waals surface area (Å²) in [5, 5.41) is 2.67. The Labute approximate surface area is 83.3 Å². The Hall–Kier alpha value is -0.900. The van der Waals surface area contributed by atoms with Gasteiger partial charge in [0.25, 0.3) is 5.91 Å². The summed E-state index contributed by atoms with van der Waals surface area (Å²) in [6, 6.07) is 3.03. The molecule has 13 heavy (non-hydrogen) atoms. The van der Waals surface area contributed by atoms with Crippen molar-refractivity contribution in [2.45, 2.75) is 6.42 Å². The van der Waals surface area contributed by atoms with Gasteiger partial charge in [-0.1, -0.05) is 15.9 Å². The average Bonchev–Trinajstić information content (AvgIpc) is 2.07. The summed E-state index contributed by atoms with van der Waals surface area (Å²) in [5.41, 5.74) is 0.963. The first kappa shape index (κ1) is 8.69. The molecule has 0 unspecified atom stereocenters. The van der Waals surface area contributed by atoms with E-state index in [0.29, 0.717) is 28.6 Å². The maximum atomic E-state index is 13.3. The van der Waals surface area contributed by atoms with Crippen LogP contribution in [0.3, 0.4) is 0 Å². The first-order valence-corrected chi connectivity index (χ1v) is 4.74. The number of benzene rings is 1. The van der Waals surface area contributed by atoms with Crippen LogP contribution < -0.4 is 5.32 Å². The van der Waals surface area contributed by atoms with Gasteiger partial charge in [-0.25, -0.2) is 4.39 Å². The standard InChI is InChI=1S/C9H7BrFNO/c10-5-3-7-6(8(11)4-5)1-2-12-9(7)13/h3-4H,1-2H2,(H,12,13). The molecule has 1 N–H and O–H groups in total. The first-order chi connectivity index (χ1) is 6.18. The van der Waals surface area contributed by atoms with Gasteiger partial charge in [0, 0.05) is 22.1 Å². The Balaban J connectivity index is 2.63. The molecule has 1 aromatic rings. The minimum absolute atomic E-state index is 0.193. The number of fused-ring (bicyclic) bond motifs is 1. The third-order valence-electron chi connectivity index (χ3n) is 2.07. The van der Waals surface area contributed by atoms with E-state index in [9.17, 15) is 9.18 Å². The smallest absolute Gasteiger partial charge is 0.251 e. The molecule has 0 bridgehead atoms. The molecule has 0 saturated carbocycles. The molecule has 1 aliphatic rings. The van der Waals surface area contributed by atoms with Crippen molar-refractivity contribution in [1.29, 1.82) is 0 Å². The van der Waals surface area contributed by atoms with Gasteiger partial charge in [0.15, 0.2) is 0 Å². The van der Waals surface area contributed by atoms with Crippen LogP contribution >= 0.6 is 15.9 Å². The van der Waals surface area contributed by atoms with Gasteiger partial charge in [-0.05, 0) is 18.6 Å². The van der Waals surface area contributed by atoms with E-state index in [2.05, 4.69) is 21.2 Å². The Morgan fingerprint density at radius 3 is 3.00 bits per heavy atom. The molecule has 1 amide bonds. The third-order valence-corrected chi connectivity index (χ3v) is 2.52. The molecule has 0 aromatic heterocycles. The van der Waals surface area contributed by atoms with Crippen LogP contribution in [-0.2, 0) is 6.42 Å². The number of hydrogen-bond acceptors (Lipinski definition) is 1. The summed E-state index contributed by atoms with van der Waals surface area (Å²) in [7, 11) is 0. The van der Waals surface area contributed by atoms with Crippen molar-refractivity contribution in [3.8, 4) is 0 Å². The number of nitrogens with one attached hydrogen (secondary N) is 1. The Kier molecular flexibility index (Phi) is 2.07. The van der Waals surface area contributed by atoms with Crippen molar-refractivity contribution >= 4 is 21.8 Å². The maximum absolute atomic E-state index is 13.3. The van der Waals surface area contributed by atoms with E-state index in [1.54, 1.807) is 6.07 Å². The molecule has 0 saturated heterocycles. The van der Waals surface area contributed by atoms with E-state index in [-0.39, 0.29) is 11.7 Å². The van der Waals surface area contributed by atoms with Crippen LogP contribution in [0, 0.1) is 5.82 Å². The minimum Gasteiger partial charge on any atom is -0.352 e. The van der Waals surface area contributed by atoms with Crippen LogP contribution in [0.1, 0.15) is 15.9 Å². The summed E-state index contributed by atoms with van der Waals surface area (Å²) in [5.74, 6) is -0.499. The minimum atomic E-state index is -0.306. The highest BCUT2D eigenvalue weighted by Crippen LogP contribution is 2.22. The summed E-state index contributed by atoms with van der Waals surface area (Å²) < 4.78 is 13.9. The average molecular weight is 244 g/mol. The second-order valence-electron chi connectivity index (χ2n) is 2.92. The molecule has 2 rings (SSSR count). The number of halogens is 2. The van der Waals surface area contributed by atoms with E-state index in [0.717, 1.165) is 0 Å². The monoisotopic (exact) mass is 243 g/mol. The van der Waals surface area contributed by atoms with Crippen molar-refractivity contribution in [1.82, 2.24) is 5.32 Å². The number of carbonyl (C=O) groups excluding carboxylic acids is 1. The zero-order chi connectivity index (χ0) is 9.42. The van der Waals surface area contributed by atoms with Crippen molar-refractivity contribution in [2.75, 3.05) is 6.54 Å². The van der Waals surface area contributed by atoms with E-state index in [1.807, 2.05) is 0 Å². The van der Waals surface area contributed by atoms with E-state index < -0.39 is 0 Å². The summed E-state index contributed by atoms with van der Waals surface area (Å²) in [6.45, 7) is 0.518. The van der Waals surface area contributed by atoms with Crippen molar-refractivity contribution in [3.63, 3.8) is 0 Å². The fourth-order valence-corrected chi connectivity index (χ4v) is 1.89. The summed E-state index contributed by atoms with van der Waals surface area (Å²) in [4.78, 5) is 11.3. The highest BCUT2D eigenvalue weighted by atomic mass is 79.9. The lowest BCUT2D eigenvalue weighted by Crippen LogP contribution is -2.32. The molecule has 0 spiro atoms. The fourth-order valence-electron chi connectivity index (χ4n) is 1.46. The van der Waals surface area contributed by atoms with Crippen LogP contribution in [0.5, 0.6) is 0 Å². The zero-order valence-corrected chi connectivity index (χ0v) is 8.32. The molecule has 1 aliphatic heterocycles. The Morgan fingerprint density at radius 2 is 2.23 bits per heavy atom. The lowest BCUT2D eigenvalue weighted by Gasteiger charge is -2.16. The molecule has 1 heterocycles. The number of carbonyl (C=O) groups is 1. The topological polar surface area (TPSA) is 29.1 Å². The van der Waals surface area contributed by atoms with Gasteiger partial charge in [-0.2, -0.15) is 0 Å². The number of amides is 1. The highest BCUT2D eigenvalue weighted by molar-refractivity contribution is 9.10. The van der Waals surface area contributed by atoms with Gasteiger partial charge in [0.2, 0.25) is 0 Å². The van der Waals surface area contributed by atoms with Crippen LogP contribution in [0.2, 0.25) is 0 Å². The molecular formula is C9H7BrFNO. The van der Waals surface area contributed by atoms with Crippen LogP contribution in [0.15, 0.2) is 16.6 Å². The van der Waals surface area contributed by atoms with Gasteiger partial charge in [0.1, 0.15) is 5.82 Å². The van der Waals surface area contributed by atoms with E-state index >= 15 is 0 Å². The molecule has 68 valence electrons. The predicted molar refractivity (Wildman–Crippen MR) is 50.1 cm³/mol. The largest absolute Gasteiger partial charge is 0.352 e. The van der Waals surface area contributed by atoms with Crippen molar-refractivity contribution in [3.05, 3.63) is 33.5 Å². The Bertz CT molecular complexity index is 378. The predicted octanol–water partition coefficient (Wildman–Crippen LogP) is 1.87. The molecule has 0 radical (unpaired) electrons. The molecule has 0 atom stereocenters. The van der Waals surface area contributed by atoms with E-state index in [4.69, 9.17) is 0 Å². The molecule has 4 heteroatoms. The zero-order valence-electron chi connectivity index (χ0n) is 6.73. The molecule has 2 nitrogen and oxygen atoms in total. The maximum Gasteiger partial charge on any atom is 0.251 e. The lowest BCUT2D eigenvalue weighted by molar-refractivity contribution is 0.0945. The second kappa shape index (κ2) is 3.10. The second-order valence-corrected chi connectivity index (χ2v) is 3.84. The first-order valence-electron chi connectivity index (χ1n) is 3.94. The van der Waals surface area contributed by atoms with Gasteiger partial charge in [-0.3, -0.25) is 4.79 Å². The molecular weight excluding hydrogens is 237 g/mol. The van der Waals surface area contributed by atoms with Crippen LogP contribution in [-0.4, -0.2) is 12.5 Å². The van der Waals surface area contributed by atoms with Crippen molar-refractivity contribution < 1.29 is 9.18 Å². The molecule has 0 fully saturated rings. The quantitative estimate of drug-likeness (QED) is 0.741. The van der Waals surface area contributed by atoms with Gasteiger partial charge >= 0.3 is 0 Å². The summed E-state index contributed by atoms with van der Waals surface area (Å²) in [6.07, 6.45) is 0.570. The normalized spacial score (nSPS) is 15.1. The van der Waals surface area contributed by atoms with E-state index in [1.165, 1.54) is 6.07 Å². The number of hydrogen-bond donors (Lipinski definition) is 1. The van der Waals surface area contributed by atoms with Crippen molar-refractivity contribution in [2.24, 2.45) is 0 Å². The summed E-state index contributed by atoms with van der Waals surface area (Å²) >= 11 is 3.15. The third kappa shape index (κ3) is 1.46. The van der Waals surface area contributed by atoms with Crippen LogP contribution in [0.25, 0.3) is 0 Å². The SMILES string of the molecule is O=C1NCCc2c(F)cc(Br)cc21. The molecule has 1 aromatic carbocycles. The highest BCUT2D eigenvalue weighted by Gasteiger charge is 2.20. The number of rotatable bonds is 0. The molecule has 0 aliphatic carbocycles. The van der Waals surface area contributed by atoms with Gasteiger partial charge in [-0.15, -0.1) is 0 Å². The fraction of sp³-hybridized carbons (Fsp3) is 0.222. The Morgan fingerprint density at radius 1 is 1.46 bits per heavy atom.